The van der Waals surface area contributed by atoms with Gasteiger partial charge in [-0.25, -0.2) is 0 Å². The van der Waals surface area contributed by atoms with Gasteiger partial charge in [0.1, 0.15) is 0 Å². The van der Waals surface area contributed by atoms with Crippen LogP contribution in [0.1, 0.15) is 37.9 Å². The Bertz CT molecular complexity index is 592. The van der Waals surface area contributed by atoms with E-state index in [1.165, 1.54) is 40.3 Å². The van der Waals surface area contributed by atoms with E-state index in [-0.39, 0.29) is 0 Å². The Kier molecular flexibility index (Phi) is 2.41. The number of aryl methyl sites for hydroxylation is 2. The second kappa shape index (κ2) is 3.61. The summed E-state index contributed by atoms with van der Waals surface area (Å²) in [5, 5.41) is 1.44. The lowest BCUT2D eigenvalue weighted by Crippen LogP contribution is -2.26. The maximum atomic E-state index is 3.58. The zero-order valence-electron chi connectivity index (χ0n) is 10.7. The first kappa shape index (κ1) is 11.3. The molecule has 0 saturated heterocycles. The lowest BCUT2D eigenvalue weighted by Gasteiger charge is -2.31. The number of rotatable bonds is 0. The number of halogens is 1. The monoisotopic (exact) mass is 291 g/mol. The fraction of sp³-hybridized carbons (Fsp3) is 0.467. The van der Waals surface area contributed by atoms with E-state index >= 15 is 0 Å². The molecule has 90 valence electrons. The van der Waals surface area contributed by atoms with E-state index in [4.69, 9.17) is 0 Å². The lowest BCUT2D eigenvalue weighted by molar-refractivity contribution is 0.410. The van der Waals surface area contributed by atoms with Crippen molar-refractivity contribution in [2.45, 2.75) is 38.5 Å². The molecule has 0 fully saturated rings. The molecule has 0 N–H and O–H groups in total. The van der Waals surface area contributed by atoms with Gasteiger partial charge >= 0.3 is 0 Å². The van der Waals surface area contributed by atoms with Crippen molar-refractivity contribution in [1.29, 1.82) is 0 Å². The summed E-state index contributed by atoms with van der Waals surface area (Å²) in [6.45, 7) is 4.75. The van der Waals surface area contributed by atoms with Gasteiger partial charge in [-0.3, -0.25) is 0 Å². The van der Waals surface area contributed by atoms with Gasteiger partial charge in [-0.05, 0) is 37.0 Å². The van der Waals surface area contributed by atoms with E-state index in [2.05, 4.69) is 59.6 Å². The van der Waals surface area contributed by atoms with Gasteiger partial charge in [-0.2, -0.15) is 0 Å². The first-order chi connectivity index (χ1) is 8.00. The van der Waals surface area contributed by atoms with Crippen LogP contribution in [0.2, 0.25) is 0 Å². The van der Waals surface area contributed by atoms with Crippen LogP contribution >= 0.6 is 15.9 Å². The Morgan fingerprint density at radius 1 is 1.29 bits per heavy atom. The molecule has 0 amide bonds. The average molecular weight is 292 g/mol. The number of nitrogens with zero attached hydrogens (tertiary/aromatic N) is 1. The molecule has 17 heavy (non-hydrogen) atoms. The van der Waals surface area contributed by atoms with Gasteiger partial charge in [0.05, 0.1) is 0 Å². The first-order valence-corrected chi connectivity index (χ1v) is 7.07. The van der Waals surface area contributed by atoms with Crippen molar-refractivity contribution in [3.8, 4) is 0 Å². The van der Waals surface area contributed by atoms with E-state index in [0.717, 1.165) is 0 Å². The van der Waals surface area contributed by atoms with Crippen LogP contribution in [-0.4, -0.2) is 4.57 Å². The van der Waals surface area contributed by atoms with E-state index in [9.17, 15) is 0 Å². The normalized spacial score (nSPS) is 18.4. The number of hydrogen-bond acceptors (Lipinski definition) is 0. The molecule has 2 aromatic rings. The van der Waals surface area contributed by atoms with Crippen molar-refractivity contribution in [3.05, 3.63) is 33.9 Å². The van der Waals surface area contributed by atoms with Crippen LogP contribution in [0, 0.1) is 0 Å². The standard InChI is InChI=1S/C15H18BrN/c1-15(2)8-4-5-12-11-7-6-10(16)9-13(11)17(3)14(12)15/h6-7,9H,4-5,8H2,1-3H3. The Labute approximate surface area is 111 Å². The third-order valence-corrected chi connectivity index (χ3v) is 4.63. The number of aromatic nitrogens is 1. The summed E-state index contributed by atoms with van der Waals surface area (Å²) in [5.74, 6) is 0. The number of hydrogen-bond donors (Lipinski definition) is 0. The molecular weight excluding hydrogens is 274 g/mol. The molecule has 0 aliphatic heterocycles. The third kappa shape index (κ3) is 1.57. The molecule has 1 aliphatic carbocycles. The third-order valence-electron chi connectivity index (χ3n) is 4.14. The highest BCUT2D eigenvalue weighted by atomic mass is 79.9. The van der Waals surface area contributed by atoms with Crippen molar-refractivity contribution < 1.29 is 0 Å². The highest BCUT2D eigenvalue weighted by Gasteiger charge is 2.32. The van der Waals surface area contributed by atoms with Crippen LogP contribution < -0.4 is 0 Å². The Balaban J connectivity index is 2.41. The molecule has 2 heteroatoms. The number of benzene rings is 1. The van der Waals surface area contributed by atoms with Gasteiger partial charge in [0.2, 0.25) is 0 Å². The van der Waals surface area contributed by atoms with Crippen molar-refractivity contribution >= 4 is 26.8 Å². The van der Waals surface area contributed by atoms with Crippen molar-refractivity contribution in [1.82, 2.24) is 4.57 Å². The average Bonchev–Trinajstić information content (AvgIpc) is 2.53. The predicted octanol–water partition coefficient (Wildman–Crippen LogP) is 4.55. The van der Waals surface area contributed by atoms with Crippen LogP contribution in [0.3, 0.4) is 0 Å². The molecule has 1 aromatic carbocycles. The Morgan fingerprint density at radius 3 is 2.82 bits per heavy atom. The first-order valence-electron chi connectivity index (χ1n) is 6.28. The van der Waals surface area contributed by atoms with Gasteiger partial charge < -0.3 is 4.57 Å². The minimum Gasteiger partial charge on any atom is -0.347 e. The van der Waals surface area contributed by atoms with Crippen LogP contribution in [-0.2, 0) is 18.9 Å². The van der Waals surface area contributed by atoms with Crippen molar-refractivity contribution in [2.75, 3.05) is 0 Å². The van der Waals surface area contributed by atoms with Crippen LogP contribution in [0.15, 0.2) is 22.7 Å². The van der Waals surface area contributed by atoms with Crippen LogP contribution in [0.5, 0.6) is 0 Å². The summed E-state index contributed by atoms with van der Waals surface area (Å²) in [4.78, 5) is 0. The summed E-state index contributed by atoms with van der Waals surface area (Å²) in [6, 6.07) is 6.66. The Morgan fingerprint density at radius 2 is 2.06 bits per heavy atom. The molecule has 3 rings (SSSR count). The summed E-state index contributed by atoms with van der Waals surface area (Å²) in [6.07, 6.45) is 3.85. The zero-order valence-corrected chi connectivity index (χ0v) is 12.3. The van der Waals surface area contributed by atoms with Gasteiger partial charge in [0.25, 0.3) is 0 Å². The molecule has 1 aliphatic rings. The summed E-state index contributed by atoms with van der Waals surface area (Å²) >= 11 is 3.58. The molecule has 0 atom stereocenters. The second-order valence-corrected chi connectivity index (χ2v) is 6.70. The summed E-state index contributed by atoms with van der Waals surface area (Å²) in [7, 11) is 2.21. The number of fused-ring (bicyclic) bond motifs is 3. The minimum absolute atomic E-state index is 0.313. The van der Waals surface area contributed by atoms with Crippen LogP contribution in [0.25, 0.3) is 10.9 Å². The smallest absolute Gasteiger partial charge is 0.0494 e. The quantitative estimate of drug-likeness (QED) is 0.671. The van der Waals surface area contributed by atoms with E-state index in [1.807, 2.05) is 0 Å². The van der Waals surface area contributed by atoms with Crippen molar-refractivity contribution in [3.63, 3.8) is 0 Å². The topological polar surface area (TPSA) is 4.93 Å². The van der Waals surface area contributed by atoms with E-state index < -0.39 is 0 Å². The molecule has 0 spiro atoms. The van der Waals surface area contributed by atoms with Gasteiger partial charge in [-0.15, -0.1) is 0 Å². The van der Waals surface area contributed by atoms with Crippen molar-refractivity contribution in [2.24, 2.45) is 7.05 Å². The molecule has 0 unspecified atom stereocenters. The molecule has 1 heterocycles. The molecule has 1 aromatic heterocycles. The van der Waals surface area contributed by atoms with Gasteiger partial charge in [-0.1, -0.05) is 35.8 Å². The van der Waals surface area contributed by atoms with Gasteiger partial charge in [0, 0.05) is 33.5 Å². The summed E-state index contributed by atoms with van der Waals surface area (Å²) < 4.78 is 3.56. The Hall–Kier alpha value is -0.760. The molecular formula is C15H18BrN. The fourth-order valence-electron chi connectivity index (χ4n) is 3.43. The highest BCUT2D eigenvalue weighted by Crippen LogP contribution is 2.41. The maximum absolute atomic E-state index is 3.58. The molecule has 0 radical (unpaired) electrons. The second-order valence-electron chi connectivity index (χ2n) is 5.79. The van der Waals surface area contributed by atoms with E-state index in [0.29, 0.717) is 5.41 Å². The molecule has 0 bridgehead atoms. The molecule has 1 nitrogen and oxygen atoms in total. The highest BCUT2D eigenvalue weighted by molar-refractivity contribution is 9.10. The van der Waals surface area contributed by atoms with E-state index in [1.54, 1.807) is 5.56 Å². The maximum Gasteiger partial charge on any atom is 0.0494 e. The largest absolute Gasteiger partial charge is 0.347 e. The summed E-state index contributed by atoms with van der Waals surface area (Å²) in [5.41, 5.74) is 4.79. The van der Waals surface area contributed by atoms with Crippen LogP contribution in [0.4, 0.5) is 0 Å². The minimum atomic E-state index is 0.313. The fourth-order valence-corrected chi connectivity index (χ4v) is 3.78. The zero-order chi connectivity index (χ0) is 12.2. The van der Waals surface area contributed by atoms with Gasteiger partial charge in [0.15, 0.2) is 0 Å². The SMILES string of the molecule is Cn1c2c(c3ccc(Br)cc31)CCCC2(C)C. The lowest BCUT2D eigenvalue weighted by atomic mass is 9.76. The molecule has 0 saturated carbocycles. The predicted molar refractivity (Wildman–Crippen MR) is 76.6 cm³/mol.